The molecule has 0 radical (unpaired) electrons. The van der Waals surface area contributed by atoms with Crippen molar-refractivity contribution in [2.75, 3.05) is 10.6 Å². The van der Waals surface area contributed by atoms with Crippen LogP contribution >= 0.6 is 0 Å². The Morgan fingerprint density at radius 3 is 1.88 bits per heavy atom. The molecule has 0 atom stereocenters. The normalized spacial score (nSPS) is 12.6. The maximum atomic E-state index is 12.7. The lowest BCUT2D eigenvalue weighted by Crippen LogP contribution is -2.22. The van der Waals surface area contributed by atoms with Crippen molar-refractivity contribution in [2.24, 2.45) is 0 Å². The third-order valence-electron chi connectivity index (χ3n) is 5.36. The zero-order chi connectivity index (χ0) is 24.8. The first kappa shape index (κ1) is 24.5. The number of benzene rings is 3. The van der Waals surface area contributed by atoms with E-state index in [0.29, 0.717) is 22.1 Å². The van der Waals surface area contributed by atoms with E-state index in [1.807, 2.05) is 41.5 Å². The molecule has 0 saturated heterocycles. The Labute approximate surface area is 194 Å². The van der Waals surface area contributed by atoms with Gasteiger partial charge in [0.1, 0.15) is 10.6 Å². The topological polar surface area (TPSA) is 116 Å². The molecule has 0 fully saturated rings. The van der Waals surface area contributed by atoms with Gasteiger partial charge in [0.15, 0.2) is 0 Å². The number of aromatic hydroxyl groups is 1. The van der Waals surface area contributed by atoms with Gasteiger partial charge in [-0.25, -0.2) is 4.79 Å². The fourth-order valence-electron chi connectivity index (χ4n) is 3.70. The second kappa shape index (κ2) is 8.35. The highest BCUT2D eigenvalue weighted by molar-refractivity contribution is 7.86. The monoisotopic (exact) mass is 470 g/mol. The molecule has 4 N–H and O–H groups in total. The number of rotatable bonds is 3. The summed E-state index contributed by atoms with van der Waals surface area (Å²) < 4.78 is 32.6. The third-order valence-corrected chi connectivity index (χ3v) is 6.27. The van der Waals surface area contributed by atoms with Crippen LogP contribution in [0.25, 0.3) is 10.8 Å². The predicted octanol–water partition coefficient (Wildman–Crippen LogP) is 6.03. The number of phenols is 1. The minimum Gasteiger partial charge on any atom is -0.507 e. The molecular weight excluding hydrogens is 440 g/mol. The van der Waals surface area contributed by atoms with Crippen LogP contribution in [0.15, 0.2) is 53.4 Å². The first-order valence-electron chi connectivity index (χ1n) is 10.5. The first-order valence-corrected chi connectivity index (χ1v) is 12.0. The maximum absolute atomic E-state index is 12.7. The minimum atomic E-state index is -4.36. The van der Waals surface area contributed by atoms with Crippen molar-refractivity contribution in [3.05, 3.63) is 59.7 Å². The number of fused-ring (bicyclic) bond motifs is 1. The van der Waals surface area contributed by atoms with Crippen LogP contribution in [0.4, 0.5) is 16.2 Å². The van der Waals surface area contributed by atoms with E-state index < -0.39 is 16.1 Å². The molecule has 176 valence electrons. The number of amides is 2. The van der Waals surface area contributed by atoms with Gasteiger partial charge in [-0.05, 0) is 46.5 Å². The SMILES string of the molecule is CC(C)(C)c1cc(NC(=O)Nc2ccc3c(S(=O)(=O)O)cccc3c2)cc(C(C)(C)C)c1O. The molecule has 3 aromatic carbocycles. The number of nitrogens with one attached hydrogen (secondary N) is 2. The lowest BCUT2D eigenvalue weighted by Gasteiger charge is -2.28. The van der Waals surface area contributed by atoms with Crippen LogP contribution in [0.1, 0.15) is 52.7 Å². The summed E-state index contributed by atoms with van der Waals surface area (Å²) in [7, 11) is -4.36. The quantitative estimate of drug-likeness (QED) is 0.275. The molecule has 7 nitrogen and oxygen atoms in total. The van der Waals surface area contributed by atoms with Crippen molar-refractivity contribution in [1.29, 1.82) is 0 Å². The van der Waals surface area contributed by atoms with Crippen molar-refractivity contribution in [2.45, 2.75) is 57.3 Å². The van der Waals surface area contributed by atoms with Crippen LogP contribution in [0, 0.1) is 0 Å². The summed E-state index contributed by atoms with van der Waals surface area (Å²) in [6, 6.07) is 12.3. The fraction of sp³-hybridized carbons (Fsp3) is 0.320. The number of hydrogen-bond donors (Lipinski definition) is 4. The van der Waals surface area contributed by atoms with E-state index in [1.54, 1.807) is 30.3 Å². The molecule has 3 rings (SSSR count). The molecule has 2 amide bonds. The summed E-state index contributed by atoms with van der Waals surface area (Å²) in [6.45, 7) is 12.0. The molecule has 0 spiro atoms. The largest absolute Gasteiger partial charge is 0.507 e. The number of carbonyl (C=O) groups is 1. The maximum Gasteiger partial charge on any atom is 0.323 e. The number of carbonyl (C=O) groups excluding carboxylic acids is 1. The van der Waals surface area contributed by atoms with E-state index in [9.17, 15) is 22.9 Å². The molecule has 0 saturated carbocycles. The van der Waals surface area contributed by atoms with Crippen LogP contribution in [0.2, 0.25) is 0 Å². The molecule has 0 heterocycles. The average Bonchev–Trinajstić information content (AvgIpc) is 2.66. The Bertz CT molecular complexity index is 1300. The highest BCUT2D eigenvalue weighted by Gasteiger charge is 2.27. The van der Waals surface area contributed by atoms with Gasteiger partial charge in [-0.2, -0.15) is 8.42 Å². The summed E-state index contributed by atoms with van der Waals surface area (Å²) in [6.07, 6.45) is 0. The second-order valence-corrected chi connectivity index (χ2v) is 11.6. The highest BCUT2D eigenvalue weighted by Crippen LogP contribution is 2.41. The number of hydrogen-bond acceptors (Lipinski definition) is 4. The van der Waals surface area contributed by atoms with Crippen LogP contribution in [0.3, 0.4) is 0 Å². The second-order valence-electron chi connectivity index (χ2n) is 10.2. The lowest BCUT2D eigenvalue weighted by atomic mass is 9.79. The van der Waals surface area contributed by atoms with Crippen LogP contribution < -0.4 is 10.6 Å². The van der Waals surface area contributed by atoms with E-state index in [-0.39, 0.29) is 21.5 Å². The van der Waals surface area contributed by atoms with Crippen LogP contribution in [-0.4, -0.2) is 24.1 Å². The van der Waals surface area contributed by atoms with E-state index in [2.05, 4.69) is 10.6 Å². The van der Waals surface area contributed by atoms with Crippen molar-refractivity contribution in [3.63, 3.8) is 0 Å². The van der Waals surface area contributed by atoms with Gasteiger partial charge in [0.2, 0.25) is 0 Å². The van der Waals surface area contributed by atoms with Gasteiger partial charge in [-0.3, -0.25) is 4.55 Å². The molecule has 0 aliphatic rings. The minimum absolute atomic E-state index is 0.190. The highest BCUT2D eigenvalue weighted by atomic mass is 32.2. The zero-order valence-corrected chi connectivity index (χ0v) is 20.5. The number of urea groups is 1. The van der Waals surface area contributed by atoms with Gasteiger partial charge < -0.3 is 15.7 Å². The zero-order valence-electron chi connectivity index (χ0n) is 19.6. The summed E-state index contributed by atoms with van der Waals surface area (Å²) >= 11 is 0. The summed E-state index contributed by atoms with van der Waals surface area (Å²) in [5.41, 5.74) is 1.80. The van der Waals surface area contributed by atoms with Gasteiger partial charge in [0, 0.05) is 27.9 Å². The van der Waals surface area contributed by atoms with E-state index in [0.717, 1.165) is 11.1 Å². The molecule has 0 aliphatic heterocycles. The van der Waals surface area contributed by atoms with Crippen molar-refractivity contribution in [3.8, 4) is 5.75 Å². The van der Waals surface area contributed by atoms with Crippen molar-refractivity contribution in [1.82, 2.24) is 0 Å². The molecule has 8 heteroatoms. The Morgan fingerprint density at radius 1 is 0.818 bits per heavy atom. The van der Waals surface area contributed by atoms with Crippen molar-refractivity contribution < 1.29 is 22.9 Å². The fourth-order valence-corrected chi connectivity index (χ4v) is 4.41. The van der Waals surface area contributed by atoms with Crippen LogP contribution in [0.5, 0.6) is 5.75 Å². The smallest absolute Gasteiger partial charge is 0.323 e. The van der Waals surface area contributed by atoms with E-state index in [4.69, 9.17) is 0 Å². The molecule has 0 aliphatic carbocycles. The molecular formula is C25H30N2O5S. The van der Waals surface area contributed by atoms with E-state index >= 15 is 0 Å². The van der Waals surface area contributed by atoms with Gasteiger partial charge in [0.25, 0.3) is 10.1 Å². The Hall–Kier alpha value is -3.10. The number of phenolic OH excluding ortho intramolecular Hbond substituents is 1. The first-order chi connectivity index (χ1) is 15.1. The third kappa shape index (κ3) is 5.46. The van der Waals surface area contributed by atoms with Gasteiger partial charge in [0.05, 0.1) is 0 Å². The van der Waals surface area contributed by atoms with Crippen LogP contribution in [-0.2, 0) is 20.9 Å². The number of anilines is 2. The summed E-state index contributed by atoms with van der Waals surface area (Å²) in [5, 5.41) is 17.3. The molecule has 3 aromatic rings. The molecule has 0 bridgehead atoms. The average molecular weight is 471 g/mol. The molecule has 0 unspecified atom stereocenters. The van der Waals surface area contributed by atoms with E-state index in [1.165, 1.54) is 18.2 Å². The Kier molecular flexibility index (Phi) is 6.21. The summed E-state index contributed by atoms with van der Waals surface area (Å²) in [4.78, 5) is 12.5. The van der Waals surface area contributed by atoms with Crippen molar-refractivity contribution >= 4 is 38.3 Å². The lowest BCUT2D eigenvalue weighted by molar-refractivity contribution is 0.262. The van der Waals surface area contributed by atoms with Gasteiger partial charge in [-0.15, -0.1) is 0 Å². The predicted molar refractivity (Wildman–Crippen MR) is 132 cm³/mol. The molecule has 0 aromatic heterocycles. The summed E-state index contributed by atoms with van der Waals surface area (Å²) in [5.74, 6) is 0.227. The Balaban J connectivity index is 1.91. The molecule has 33 heavy (non-hydrogen) atoms. The standard InChI is InChI=1S/C25H30N2O5S/c1-24(2,3)19-13-17(14-20(22(19)28)25(4,5)6)27-23(29)26-16-10-11-18-15(12-16)8-7-9-21(18)33(30,31)32/h7-14,28H,1-6H3,(H2,26,27,29)(H,30,31,32). The van der Waals surface area contributed by atoms with Gasteiger partial charge in [-0.1, -0.05) is 59.7 Å². The van der Waals surface area contributed by atoms with Gasteiger partial charge >= 0.3 is 6.03 Å². The Morgan fingerprint density at radius 2 is 1.36 bits per heavy atom.